The Morgan fingerprint density at radius 2 is 1.73 bits per heavy atom. The first kappa shape index (κ1) is 20.4. The van der Waals surface area contributed by atoms with E-state index in [0.29, 0.717) is 62.0 Å². The summed E-state index contributed by atoms with van der Waals surface area (Å²) in [4.78, 5) is 14.6. The Bertz CT molecular complexity index is 909. The number of rotatable bonds is 3. The maximum absolute atomic E-state index is 12.9. The first-order chi connectivity index (χ1) is 14.4. The number of benzene rings is 2. The standard InChI is InChI=1S/C22H23F3N2O3/c23-22(24,25)16-3-1-4-18(13-16)27-9-7-15(8-10-27)21(28)26-17-5-6-19-20(14-17)30-12-2-11-29-19/h1,3-6,13-15H,2,7-12H2,(H,26,28). The molecule has 0 unspecified atom stereocenters. The van der Waals surface area contributed by atoms with Gasteiger partial charge in [0, 0.05) is 42.9 Å². The quantitative estimate of drug-likeness (QED) is 0.781. The van der Waals surface area contributed by atoms with E-state index in [1.54, 1.807) is 24.3 Å². The molecule has 2 aromatic rings. The Hall–Kier alpha value is -2.90. The Labute approximate surface area is 172 Å². The number of alkyl halides is 3. The molecule has 160 valence electrons. The average Bonchev–Trinajstić information content (AvgIpc) is 2.98. The third-order valence-electron chi connectivity index (χ3n) is 5.42. The van der Waals surface area contributed by atoms with Gasteiger partial charge in [0.1, 0.15) is 0 Å². The lowest BCUT2D eigenvalue weighted by atomic mass is 9.95. The first-order valence-corrected chi connectivity index (χ1v) is 10.0. The number of carbonyl (C=O) groups is 1. The van der Waals surface area contributed by atoms with Crippen molar-refractivity contribution in [1.29, 1.82) is 0 Å². The van der Waals surface area contributed by atoms with Crippen LogP contribution in [0.5, 0.6) is 11.5 Å². The molecule has 2 aliphatic rings. The second-order valence-corrected chi connectivity index (χ2v) is 7.51. The van der Waals surface area contributed by atoms with E-state index in [0.717, 1.165) is 18.6 Å². The predicted octanol–water partition coefficient (Wildman–Crippen LogP) is 4.72. The van der Waals surface area contributed by atoms with Crippen LogP contribution in [0, 0.1) is 5.92 Å². The van der Waals surface area contributed by atoms with Gasteiger partial charge in [0.05, 0.1) is 18.8 Å². The first-order valence-electron chi connectivity index (χ1n) is 10.0. The number of amides is 1. The SMILES string of the molecule is O=C(Nc1ccc2c(c1)OCCCO2)C1CCN(c2cccc(C(F)(F)F)c2)CC1. The molecule has 2 aromatic carbocycles. The molecule has 0 atom stereocenters. The fourth-order valence-corrected chi connectivity index (χ4v) is 3.76. The highest BCUT2D eigenvalue weighted by atomic mass is 19.4. The zero-order chi connectivity index (χ0) is 21.1. The highest BCUT2D eigenvalue weighted by molar-refractivity contribution is 5.93. The van der Waals surface area contributed by atoms with Crippen LogP contribution >= 0.6 is 0 Å². The second kappa shape index (κ2) is 8.45. The van der Waals surface area contributed by atoms with Gasteiger partial charge in [-0.05, 0) is 43.2 Å². The number of piperidine rings is 1. The van der Waals surface area contributed by atoms with Gasteiger partial charge in [-0.2, -0.15) is 13.2 Å². The van der Waals surface area contributed by atoms with E-state index in [2.05, 4.69) is 5.32 Å². The minimum atomic E-state index is -4.36. The molecule has 2 heterocycles. The molecule has 1 amide bonds. The number of nitrogens with one attached hydrogen (secondary N) is 1. The monoisotopic (exact) mass is 420 g/mol. The van der Waals surface area contributed by atoms with Crippen molar-refractivity contribution in [1.82, 2.24) is 0 Å². The van der Waals surface area contributed by atoms with Crippen molar-refractivity contribution in [2.75, 3.05) is 36.5 Å². The lowest BCUT2D eigenvalue weighted by molar-refractivity contribution is -0.137. The van der Waals surface area contributed by atoms with Crippen molar-refractivity contribution in [2.24, 2.45) is 5.92 Å². The van der Waals surface area contributed by atoms with Gasteiger partial charge in [0.25, 0.3) is 0 Å². The molecule has 0 saturated carbocycles. The molecule has 4 rings (SSSR count). The van der Waals surface area contributed by atoms with E-state index in [1.807, 2.05) is 4.90 Å². The van der Waals surface area contributed by atoms with Crippen molar-refractivity contribution in [3.8, 4) is 11.5 Å². The zero-order valence-corrected chi connectivity index (χ0v) is 16.4. The van der Waals surface area contributed by atoms with Crippen molar-refractivity contribution in [2.45, 2.75) is 25.4 Å². The number of halogens is 3. The van der Waals surface area contributed by atoms with Gasteiger partial charge in [0.15, 0.2) is 11.5 Å². The van der Waals surface area contributed by atoms with Crippen LogP contribution in [0.25, 0.3) is 0 Å². The molecule has 1 saturated heterocycles. The molecule has 30 heavy (non-hydrogen) atoms. The zero-order valence-electron chi connectivity index (χ0n) is 16.4. The molecule has 5 nitrogen and oxygen atoms in total. The van der Waals surface area contributed by atoms with Gasteiger partial charge in [0.2, 0.25) is 5.91 Å². The van der Waals surface area contributed by atoms with Crippen LogP contribution in [0.4, 0.5) is 24.5 Å². The predicted molar refractivity (Wildman–Crippen MR) is 107 cm³/mol. The normalized spacial score (nSPS) is 17.4. The smallest absolute Gasteiger partial charge is 0.416 e. The highest BCUT2D eigenvalue weighted by Gasteiger charge is 2.31. The lowest BCUT2D eigenvalue weighted by Gasteiger charge is -2.33. The number of carbonyl (C=O) groups excluding carboxylic acids is 1. The molecule has 0 radical (unpaired) electrons. The molecule has 0 aromatic heterocycles. The number of nitrogens with zero attached hydrogens (tertiary/aromatic N) is 1. The second-order valence-electron chi connectivity index (χ2n) is 7.51. The van der Waals surface area contributed by atoms with Crippen LogP contribution in [-0.2, 0) is 11.0 Å². The topological polar surface area (TPSA) is 50.8 Å². The van der Waals surface area contributed by atoms with E-state index in [-0.39, 0.29) is 11.8 Å². The fraction of sp³-hybridized carbons (Fsp3) is 0.409. The molecular weight excluding hydrogens is 397 g/mol. The van der Waals surface area contributed by atoms with Crippen molar-refractivity contribution in [3.05, 3.63) is 48.0 Å². The maximum atomic E-state index is 12.9. The lowest BCUT2D eigenvalue weighted by Crippen LogP contribution is -2.38. The maximum Gasteiger partial charge on any atom is 0.416 e. The molecule has 8 heteroatoms. The fourth-order valence-electron chi connectivity index (χ4n) is 3.76. The van der Waals surface area contributed by atoms with Crippen LogP contribution < -0.4 is 19.7 Å². The number of fused-ring (bicyclic) bond motifs is 1. The van der Waals surface area contributed by atoms with Crippen molar-refractivity contribution >= 4 is 17.3 Å². The number of hydrogen-bond donors (Lipinski definition) is 1. The van der Waals surface area contributed by atoms with Crippen LogP contribution in [0.3, 0.4) is 0 Å². The summed E-state index contributed by atoms with van der Waals surface area (Å²) in [6.45, 7) is 2.22. The summed E-state index contributed by atoms with van der Waals surface area (Å²) < 4.78 is 50.1. The Morgan fingerprint density at radius 3 is 2.47 bits per heavy atom. The third kappa shape index (κ3) is 4.63. The van der Waals surface area contributed by atoms with Gasteiger partial charge < -0.3 is 19.7 Å². The van der Waals surface area contributed by atoms with E-state index in [1.165, 1.54) is 6.07 Å². The Kier molecular flexibility index (Phi) is 5.74. The summed E-state index contributed by atoms with van der Waals surface area (Å²) in [6.07, 6.45) is -2.41. The third-order valence-corrected chi connectivity index (χ3v) is 5.42. The van der Waals surface area contributed by atoms with Gasteiger partial charge in [-0.15, -0.1) is 0 Å². The highest BCUT2D eigenvalue weighted by Crippen LogP contribution is 2.34. The molecule has 2 aliphatic heterocycles. The Morgan fingerprint density at radius 1 is 1.00 bits per heavy atom. The summed E-state index contributed by atoms with van der Waals surface area (Å²) in [7, 11) is 0. The van der Waals surface area contributed by atoms with Gasteiger partial charge in [-0.3, -0.25) is 4.79 Å². The van der Waals surface area contributed by atoms with Crippen LogP contribution in [0.1, 0.15) is 24.8 Å². The van der Waals surface area contributed by atoms with Gasteiger partial charge in [-0.25, -0.2) is 0 Å². The van der Waals surface area contributed by atoms with Crippen molar-refractivity contribution < 1.29 is 27.4 Å². The average molecular weight is 420 g/mol. The largest absolute Gasteiger partial charge is 0.490 e. The summed E-state index contributed by atoms with van der Waals surface area (Å²) >= 11 is 0. The Balaban J connectivity index is 1.35. The molecular formula is C22H23F3N2O3. The minimum absolute atomic E-state index is 0.0896. The van der Waals surface area contributed by atoms with Crippen LogP contribution in [0.2, 0.25) is 0 Å². The summed E-state index contributed by atoms with van der Waals surface area (Å²) in [5, 5.41) is 2.92. The molecule has 0 spiro atoms. The van der Waals surface area contributed by atoms with E-state index >= 15 is 0 Å². The van der Waals surface area contributed by atoms with E-state index in [9.17, 15) is 18.0 Å². The van der Waals surface area contributed by atoms with Crippen LogP contribution in [-0.4, -0.2) is 32.2 Å². The summed E-state index contributed by atoms with van der Waals surface area (Å²) in [5.74, 6) is 1.00. The minimum Gasteiger partial charge on any atom is -0.490 e. The van der Waals surface area contributed by atoms with E-state index < -0.39 is 11.7 Å². The van der Waals surface area contributed by atoms with Gasteiger partial charge >= 0.3 is 6.18 Å². The molecule has 0 bridgehead atoms. The number of ether oxygens (including phenoxy) is 2. The van der Waals surface area contributed by atoms with Crippen LogP contribution in [0.15, 0.2) is 42.5 Å². The summed E-state index contributed by atoms with van der Waals surface area (Å²) in [5.41, 5.74) is 0.519. The van der Waals surface area contributed by atoms with Gasteiger partial charge in [-0.1, -0.05) is 6.07 Å². The number of hydrogen-bond acceptors (Lipinski definition) is 4. The number of anilines is 2. The molecule has 1 fully saturated rings. The molecule has 0 aliphatic carbocycles. The van der Waals surface area contributed by atoms with Crippen molar-refractivity contribution in [3.63, 3.8) is 0 Å². The summed E-state index contributed by atoms with van der Waals surface area (Å²) in [6, 6.07) is 10.7. The molecule has 1 N–H and O–H groups in total. The van der Waals surface area contributed by atoms with E-state index in [4.69, 9.17) is 9.47 Å².